The normalized spacial score (nSPS) is 46.9. The molecule has 0 unspecified atom stereocenters. The summed E-state index contributed by atoms with van der Waals surface area (Å²) in [5.74, 6) is -0.574. The Morgan fingerprint density at radius 1 is 1.47 bits per heavy atom. The highest BCUT2D eigenvalue weighted by molar-refractivity contribution is 6.06. The summed E-state index contributed by atoms with van der Waals surface area (Å²) < 4.78 is 5.50. The molecule has 3 aliphatic carbocycles. The smallest absolute Gasteiger partial charge is 0.233 e. The number of fused-ring (bicyclic) bond motifs is 1. The largest absolute Gasteiger partial charge is 0.373 e. The van der Waals surface area contributed by atoms with Crippen molar-refractivity contribution in [2.24, 2.45) is 17.8 Å². The SMILES string of the molecule is CO[C@@]12C=C[C@@H](CC1)[C@H]1C(=O)NC(=O)[C@@H]12. The molecule has 2 bridgehead atoms. The molecule has 4 heteroatoms. The fourth-order valence-electron chi connectivity index (χ4n) is 3.28. The summed E-state index contributed by atoms with van der Waals surface area (Å²) in [6.07, 6.45) is 5.78. The lowest BCUT2D eigenvalue weighted by Gasteiger charge is -2.46. The number of imide groups is 1. The van der Waals surface area contributed by atoms with Crippen LogP contribution in [0, 0.1) is 17.8 Å². The molecule has 4 rings (SSSR count). The van der Waals surface area contributed by atoms with E-state index in [1.165, 1.54) is 0 Å². The molecule has 0 aromatic heterocycles. The van der Waals surface area contributed by atoms with E-state index in [4.69, 9.17) is 4.74 Å². The van der Waals surface area contributed by atoms with Crippen molar-refractivity contribution in [3.8, 4) is 0 Å². The quantitative estimate of drug-likeness (QED) is 0.495. The second-order valence-corrected chi connectivity index (χ2v) is 4.58. The van der Waals surface area contributed by atoms with Crippen molar-refractivity contribution in [2.45, 2.75) is 18.4 Å². The third kappa shape index (κ3) is 0.951. The number of hydrogen-bond donors (Lipinski definition) is 1. The molecule has 2 fully saturated rings. The Labute approximate surface area is 87.7 Å². The molecular weight excluding hydrogens is 194 g/mol. The first-order chi connectivity index (χ1) is 7.18. The number of hydrogen-bond acceptors (Lipinski definition) is 3. The van der Waals surface area contributed by atoms with Crippen LogP contribution < -0.4 is 5.32 Å². The molecule has 4 aliphatic rings. The lowest BCUT2D eigenvalue weighted by molar-refractivity contribution is -0.140. The van der Waals surface area contributed by atoms with Crippen LogP contribution in [-0.2, 0) is 14.3 Å². The lowest BCUT2D eigenvalue weighted by Crippen LogP contribution is -2.52. The highest BCUT2D eigenvalue weighted by Crippen LogP contribution is 2.51. The monoisotopic (exact) mass is 207 g/mol. The van der Waals surface area contributed by atoms with Crippen molar-refractivity contribution >= 4 is 11.8 Å². The maximum Gasteiger partial charge on any atom is 0.233 e. The molecule has 1 N–H and O–H groups in total. The van der Waals surface area contributed by atoms with Crippen LogP contribution in [0.5, 0.6) is 0 Å². The number of carbonyl (C=O) groups is 2. The molecule has 15 heavy (non-hydrogen) atoms. The van der Waals surface area contributed by atoms with E-state index in [1.807, 2.05) is 12.2 Å². The van der Waals surface area contributed by atoms with Gasteiger partial charge in [-0.3, -0.25) is 14.9 Å². The molecule has 2 amide bonds. The maximum absolute atomic E-state index is 11.7. The predicted molar refractivity (Wildman–Crippen MR) is 51.7 cm³/mol. The van der Waals surface area contributed by atoms with Crippen molar-refractivity contribution in [1.29, 1.82) is 0 Å². The maximum atomic E-state index is 11.7. The van der Waals surface area contributed by atoms with Gasteiger partial charge in [0.25, 0.3) is 0 Å². The van der Waals surface area contributed by atoms with Crippen molar-refractivity contribution in [3.05, 3.63) is 12.2 Å². The fourth-order valence-corrected chi connectivity index (χ4v) is 3.28. The van der Waals surface area contributed by atoms with E-state index in [0.29, 0.717) is 0 Å². The fraction of sp³-hybridized carbons (Fsp3) is 0.636. The molecule has 4 nitrogen and oxygen atoms in total. The molecule has 1 heterocycles. The van der Waals surface area contributed by atoms with Crippen molar-refractivity contribution in [1.82, 2.24) is 5.32 Å². The minimum atomic E-state index is -0.532. The predicted octanol–water partition coefficient (Wildman–Crippen LogP) is 0.240. The average molecular weight is 207 g/mol. The molecular formula is C11H13NO3. The molecule has 1 aliphatic heterocycles. The summed E-state index contributed by atoms with van der Waals surface area (Å²) >= 11 is 0. The lowest BCUT2D eigenvalue weighted by atomic mass is 9.60. The number of methoxy groups -OCH3 is 1. The van der Waals surface area contributed by atoms with E-state index in [2.05, 4.69) is 5.32 Å². The Balaban J connectivity index is 2.11. The zero-order valence-corrected chi connectivity index (χ0v) is 8.53. The summed E-state index contributed by atoms with van der Waals surface area (Å²) in [5.41, 5.74) is -0.532. The van der Waals surface area contributed by atoms with Crippen LogP contribution in [0.15, 0.2) is 12.2 Å². The Morgan fingerprint density at radius 3 is 2.87 bits per heavy atom. The third-order valence-electron chi connectivity index (χ3n) is 4.05. The van der Waals surface area contributed by atoms with Crippen LogP contribution in [-0.4, -0.2) is 24.5 Å². The van der Waals surface area contributed by atoms with Gasteiger partial charge in [-0.1, -0.05) is 12.2 Å². The number of rotatable bonds is 1. The van der Waals surface area contributed by atoms with E-state index < -0.39 is 5.60 Å². The Bertz CT molecular complexity index is 376. The first-order valence-corrected chi connectivity index (χ1v) is 5.27. The minimum Gasteiger partial charge on any atom is -0.373 e. The van der Waals surface area contributed by atoms with Gasteiger partial charge in [0.2, 0.25) is 11.8 Å². The molecule has 1 saturated heterocycles. The van der Waals surface area contributed by atoms with Gasteiger partial charge in [0, 0.05) is 7.11 Å². The first kappa shape index (κ1) is 9.09. The summed E-state index contributed by atoms with van der Waals surface area (Å²) in [6, 6.07) is 0. The van der Waals surface area contributed by atoms with E-state index in [-0.39, 0.29) is 29.6 Å². The van der Waals surface area contributed by atoms with Gasteiger partial charge in [0.05, 0.1) is 17.4 Å². The Hall–Kier alpha value is -1.16. The van der Waals surface area contributed by atoms with Crippen molar-refractivity contribution < 1.29 is 14.3 Å². The Kier molecular flexibility index (Phi) is 1.63. The standard InChI is InChI=1S/C11H13NO3/c1-15-11-4-2-6(3-5-11)7-8(11)10(14)12-9(7)13/h2,4,6-8H,3,5H2,1H3,(H,12,13,14)/t6-,7+,8+,11-/m0/s1. The minimum absolute atomic E-state index is 0.125. The molecule has 0 radical (unpaired) electrons. The zero-order chi connectivity index (χ0) is 10.6. The zero-order valence-electron chi connectivity index (χ0n) is 8.53. The summed E-state index contributed by atoms with van der Waals surface area (Å²) in [7, 11) is 1.61. The van der Waals surface area contributed by atoms with Crippen LogP contribution in [0.1, 0.15) is 12.8 Å². The molecule has 1 saturated carbocycles. The number of amides is 2. The van der Waals surface area contributed by atoms with Gasteiger partial charge in [0.1, 0.15) is 0 Å². The van der Waals surface area contributed by atoms with Gasteiger partial charge >= 0.3 is 0 Å². The van der Waals surface area contributed by atoms with E-state index in [1.54, 1.807) is 7.11 Å². The van der Waals surface area contributed by atoms with Crippen molar-refractivity contribution in [3.63, 3.8) is 0 Å². The van der Waals surface area contributed by atoms with Gasteiger partial charge in [0.15, 0.2) is 0 Å². The first-order valence-electron chi connectivity index (χ1n) is 5.27. The number of nitrogens with one attached hydrogen (secondary N) is 1. The number of carbonyl (C=O) groups excluding carboxylic acids is 2. The molecule has 0 aromatic rings. The summed E-state index contributed by atoms with van der Waals surface area (Å²) in [6.45, 7) is 0. The highest BCUT2D eigenvalue weighted by Gasteiger charge is 2.60. The van der Waals surface area contributed by atoms with Gasteiger partial charge in [-0.25, -0.2) is 0 Å². The molecule has 4 atom stereocenters. The van der Waals surface area contributed by atoms with Crippen LogP contribution in [0.25, 0.3) is 0 Å². The van der Waals surface area contributed by atoms with Crippen molar-refractivity contribution in [2.75, 3.05) is 7.11 Å². The highest BCUT2D eigenvalue weighted by atomic mass is 16.5. The topological polar surface area (TPSA) is 55.4 Å². The Morgan fingerprint density at radius 2 is 2.27 bits per heavy atom. The second kappa shape index (κ2) is 2.70. The number of ether oxygens (including phenoxy) is 1. The van der Waals surface area contributed by atoms with Gasteiger partial charge in [-0.2, -0.15) is 0 Å². The third-order valence-corrected chi connectivity index (χ3v) is 4.05. The van der Waals surface area contributed by atoms with E-state index >= 15 is 0 Å². The molecule has 80 valence electrons. The van der Waals surface area contributed by atoms with Crippen LogP contribution >= 0.6 is 0 Å². The average Bonchev–Trinajstić information content (AvgIpc) is 2.59. The number of allylic oxidation sites excluding steroid dienone is 1. The van der Waals surface area contributed by atoms with Crippen LogP contribution in [0.3, 0.4) is 0 Å². The van der Waals surface area contributed by atoms with E-state index in [0.717, 1.165) is 12.8 Å². The summed E-state index contributed by atoms with van der Waals surface area (Å²) in [5, 5.41) is 2.42. The van der Waals surface area contributed by atoms with Gasteiger partial charge in [-0.05, 0) is 18.8 Å². The van der Waals surface area contributed by atoms with E-state index in [9.17, 15) is 9.59 Å². The van der Waals surface area contributed by atoms with Crippen LogP contribution in [0.4, 0.5) is 0 Å². The molecule has 0 spiro atoms. The van der Waals surface area contributed by atoms with Crippen LogP contribution in [0.2, 0.25) is 0 Å². The molecule has 0 aromatic carbocycles. The summed E-state index contributed by atoms with van der Waals surface area (Å²) in [4.78, 5) is 23.4. The van der Waals surface area contributed by atoms with Gasteiger partial charge < -0.3 is 4.74 Å². The second-order valence-electron chi connectivity index (χ2n) is 4.58. The van der Waals surface area contributed by atoms with Gasteiger partial charge in [-0.15, -0.1) is 0 Å².